The molecule has 2 aromatic carbocycles. The molecule has 0 atom stereocenters. The van der Waals surface area contributed by atoms with Crippen molar-refractivity contribution in [3.8, 4) is 5.75 Å². The van der Waals surface area contributed by atoms with Crippen molar-refractivity contribution in [3.63, 3.8) is 0 Å². The van der Waals surface area contributed by atoms with Crippen molar-refractivity contribution in [1.29, 1.82) is 0 Å². The molecule has 0 spiro atoms. The predicted octanol–water partition coefficient (Wildman–Crippen LogP) is 3.66. The Morgan fingerprint density at radius 3 is 2.42 bits per heavy atom. The van der Waals surface area contributed by atoms with Gasteiger partial charge in [-0.1, -0.05) is 24.3 Å². The summed E-state index contributed by atoms with van der Waals surface area (Å²) in [6, 6.07) is 12.9. The largest absolute Gasteiger partial charge is 0.493 e. The first-order chi connectivity index (χ1) is 14.9. The van der Waals surface area contributed by atoms with Gasteiger partial charge < -0.3 is 14.4 Å². The molecule has 1 fully saturated rings. The molecule has 4 rings (SSSR count). The number of carbonyl (C=O) groups excluding carboxylic acids is 1. The van der Waals surface area contributed by atoms with E-state index in [0.717, 1.165) is 38.4 Å². The van der Waals surface area contributed by atoms with Crippen LogP contribution in [0.3, 0.4) is 0 Å². The molecular weight excluding hydrogens is 409 g/mol. The van der Waals surface area contributed by atoms with Crippen LogP contribution in [-0.2, 0) is 24.3 Å². The van der Waals surface area contributed by atoms with Crippen LogP contribution in [0.15, 0.2) is 42.5 Å². The number of hydrogen-bond donors (Lipinski definition) is 0. The van der Waals surface area contributed by atoms with Crippen LogP contribution in [0.4, 0.5) is 13.2 Å². The van der Waals surface area contributed by atoms with Gasteiger partial charge in [-0.15, -0.1) is 0 Å². The normalized spacial score (nSPS) is 16.8. The smallest absolute Gasteiger partial charge is 0.411 e. The van der Waals surface area contributed by atoms with Crippen LogP contribution < -0.4 is 4.74 Å². The van der Waals surface area contributed by atoms with Crippen molar-refractivity contribution in [3.05, 3.63) is 64.7 Å². The SMILES string of the molecule is O=C(c1ccc(COCC(F)(F)F)cc1)N1CCN(Cc2ccc3c(c2)CCO3)CC1. The molecule has 2 aromatic rings. The minimum absolute atomic E-state index is 0.0583. The third-order valence-corrected chi connectivity index (χ3v) is 5.55. The number of benzene rings is 2. The van der Waals surface area contributed by atoms with Gasteiger partial charge in [0.15, 0.2) is 0 Å². The van der Waals surface area contributed by atoms with Crippen molar-refractivity contribution in [2.75, 3.05) is 39.4 Å². The zero-order valence-corrected chi connectivity index (χ0v) is 17.2. The number of rotatable bonds is 6. The molecule has 0 aromatic heterocycles. The van der Waals surface area contributed by atoms with E-state index in [9.17, 15) is 18.0 Å². The molecule has 0 radical (unpaired) electrons. The Morgan fingerprint density at radius 1 is 1.00 bits per heavy atom. The zero-order chi connectivity index (χ0) is 21.8. The fourth-order valence-electron chi connectivity index (χ4n) is 3.92. The van der Waals surface area contributed by atoms with E-state index in [-0.39, 0.29) is 12.5 Å². The summed E-state index contributed by atoms with van der Waals surface area (Å²) < 4.78 is 46.7. The van der Waals surface area contributed by atoms with E-state index in [2.05, 4.69) is 21.8 Å². The van der Waals surface area contributed by atoms with Crippen LogP contribution in [0.5, 0.6) is 5.75 Å². The lowest BCUT2D eigenvalue weighted by Gasteiger charge is -2.35. The summed E-state index contributed by atoms with van der Waals surface area (Å²) in [6.45, 7) is 3.06. The van der Waals surface area contributed by atoms with Crippen LogP contribution >= 0.6 is 0 Å². The van der Waals surface area contributed by atoms with E-state index < -0.39 is 12.8 Å². The standard InChI is InChI=1S/C23H25F3N2O3/c24-23(25,26)16-30-15-17-1-4-19(5-2-17)22(29)28-10-8-27(9-11-28)14-18-3-6-21-20(13-18)7-12-31-21/h1-6,13H,7-12,14-16H2. The molecule has 5 nitrogen and oxygen atoms in total. The highest BCUT2D eigenvalue weighted by atomic mass is 19.4. The summed E-state index contributed by atoms with van der Waals surface area (Å²) in [5.41, 5.74) is 3.66. The van der Waals surface area contributed by atoms with E-state index >= 15 is 0 Å². The maximum atomic E-state index is 12.8. The second-order valence-corrected chi connectivity index (χ2v) is 7.91. The van der Waals surface area contributed by atoms with Gasteiger partial charge in [0.2, 0.25) is 0 Å². The number of hydrogen-bond acceptors (Lipinski definition) is 4. The summed E-state index contributed by atoms with van der Waals surface area (Å²) in [6.07, 6.45) is -3.38. The van der Waals surface area contributed by atoms with Crippen molar-refractivity contribution in [2.45, 2.75) is 25.7 Å². The first-order valence-electron chi connectivity index (χ1n) is 10.4. The summed E-state index contributed by atoms with van der Waals surface area (Å²) >= 11 is 0. The molecule has 0 saturated carbocycles. The molecule has 31 heavy (non-hydrogen) atoms. The van der Waals surface area contributed by atoms with Crippen LogP contribution in [0.2, 0.25) is 0 Å². The highest BCUT2D eigenvalue weighted by molar-refractivity contribution is 5.94. The Morgan fingerprint density at radius 2 is 1.71 bits per heavy atom. The topological polar surface area (TPSA) is 42.0 Å². The summed E-state index contributed by atoms with van der Waals surface area (Å²) in [5, 5.41) is 0. The van der Waals surface area contributed by atoms with Gasteiger partial charge in [-0.25, -0.2) is 0 Å². The van der Waals surface area contributed by atoms with Gasteiger partial charge >= 0.3 is 6.18 Å². The quantitative estimate of drug-likeness (QED) is 0.696. The van der Waals surface area contributed by atoms with Gasteiger partial charge in [-0.05, 0) is 34.9 Å². The van der Waals surface area contributed by atoms with E-state index in [4.69, 9.17) is 4.74 Å². The lowest BCUT2D eigenvalue weighted by atomic mass is 10.1. The Bertz CT molecular complexity index is 907. The maximum Gasteiger partial charge on any atom is 0.411 e. The van der Waals surface area contributed by atoms with Crippen LogP contribution in [0, 0.1) is 0 Å². The van der Waals surface area contributed by atoms with Gasteiger partial charge in [0.25, 0.3) is 5.91 Å². The second kappa shape index (κ2) is 9.28. The summed E-state index contributed by atoms with van der Waals surface area (Å²) in [5.74, 6) is 0.925. The number of ether oxygens (including phenoxy) is 2. The Balaban J connectivity index is 1.25. The van der Waals surface area contributed by atoms with Gasteiger partial charge in [0.05, 0.1) is 13.2 Å². The number of amides is 1. The van der Waals surface area contributed by atoms with E-state index in [1.165, 1.54) is 11.1 Å². The molecule has 1 amide bonds. The van der Waals surface area contributed by atoms with Crippen LogP contribution in [0.1, 0.15) is 27.0 Å². The Labute approximate surface area is 179 Å². The number of piperazine rings is 1. The minimum Gasteiger partial charge on any atom is -0.493 e. The molecule has 8 heteroatoms. The zero-order valence-electron chi connectivity index (χ0n) is 17.2. The van der Waals surface area contributed by atoms with E-state index in [1.807, 2.05) is 11.0 Å². The molecule has 0 unspecified atom stereocenters. The van der Waals surface area contributed by atoms with E-state index in [1.54, 1.807) is 24.3 Å². The van der Waals surface area contributed by atoms with Crippen LogP contribution in [-0.4, -0.2) is 61.3 Å². The summed E-state index contributed by atoms with van der Waals surface area (Å²) in [4.78, 5) is 16.9. The fourth-order valence-corrected chi connectivity index (χ4v) is 3.92. The number of fused-ring (bicyclic) bond motifs is 1. The highest BCUT2D eigenvalue weighted by Gasteiger charge is 2.27. The summed E-state index contributed by atoms with van der Waals surface area (Å²) in [7, 11) is 0. The van der Waals surface area contributed by atoms with Crippen molar-refractivity contribution < 1.29 is 27.4 Å². The average molecular weight is 434 g/mol. The van der Waals surface area contributed by atoms with Crippen LogP contribution in [0.25, 0.3) is 0 Å². The molecule has 0 bridgehead atoms. The lowest BCUT2D eigenvalue weighted by Crippen LogP contribution is -2.48. The highest BCUT2D eigenvalue weighted by Crippen LogP contribution is 2.26. The van der Waals surface area contributed by atoms with Gasteiger partial charge in [-0.3, -0.25) is 9.69 Å². The third kappa shape index (κ3) is 5.77. The number of halogens is 3. The third-order valence-electron chi connectivity index (χ3n) is 5.55. The fraction of sp³-hybridized carbons (Fsp3) is 0.435. The number of alkyl halides is 3. The second-order valence-electron chi connectivity index (χ2n) is 7.91. The molecular formula is C23H25F3N2O3. The Kier molecular flexibility index (Phi) is 6.48. The van der Waals surface area contributed by atoms with Gasteiger partial charge in [-0.2, -0.15) is 13.2 Å². The molecule has 2 aliphatic rings. The molecule has 0 N–H and O–H groups in total. The molecule has 1 saturated heterocycles. The molecule has 166 valence electrons. The van der Waals surface area contributed by atoms with Gasteiger partial charge in [0, 0.05) is 44.7 Å². The van der Waals surface area contributed by atoms with Crippen molar-refractivity contribution >= 4 is 5.91 Å². The predicted molar refractivity (Wildman–Crippen MR) is 109 cm³/mol. The number of nitrogens with zero attached hydrogens (tertiary/aromatic N) is 2. The van der Waals surface area contributed by atoms with Crippen molar-refractivity contribution in [1.82, 2.24) is 9.80 Å². The Hall–Kier alpha value is -2.58. The molecule has 2 heterocycles. The molecule has 2 aliphatic heterocycles. The van der Waals surface area contributed by atoms with Crippen molar-refractivity contribution in [2.24, 2.45) is 0 Å². The van der Waals surface area contributed by atoms with E-state index in [0.29, 0.717) is 24.2 Å². The maximum absolute atomic E-state index is 12.8. The minimum atomic E-state index is -4.34. The lowest BCUT2D eigenvalue weighted by molar-refractivity contribution is -0.176. The first kappa shape index (κ1) is 21.6. The average Bonchev–Trinajstić information content (AvgIpc) is 3.21. The monoisotopic (exact) mass is 434 g/mol. The molecule has 0 aliphatic carbocycles. The number of carbonyl (C=O) groups is 1. The first-order valence-corrected chi connectivity index (χ1v) is 10.4. The van der Waals surface area contributed by atoms with Gasteiger partial charge in [0.1, 0.15) is 12.4 Å².